The van der Waals surface area contributed by atoms with Crippen molar-refractivity contribution in [3.8, 4) is 11.5 Å². The van der Waals surface area contributed by atoms with Crippen molar-refractivity contribution in [3.05, 3.63) is 78.4 Å². The van der Waals surface area contributed by atoms with E-state index in [0.717, 1.165) is 25.7 Å². The Labute approximate surface area is 205 Å². The molecule has 1 saturated carbocycles. The highest BCUT2D eigenvalue weighted by Gasteiger charge is 2.35. The van der Waals surface area contributed by atoms with Crippen molar-refractivity contribution >= 4 is 17.5 Å². The lowest BCUT2D eigenvalue weighted by Crippen LogP contribution is -2.47. The number of anilines is 1. The van der Waals surface area contributed by atoms with Gasteiger partial charge < -0.3 is 14.8 Å². The van der Waals surface area contributed by atoms with Crippen molar-refractivity contribution in [3.63, 3.8) is 0 Å². The number of methoxy groups -OCH3 is 2. The van der Waals surface area contributed by atoms with Crippen molar-refractivity contribution in [2.24, 2.45) is 0 Å². The summed E-state index contributed by atoms with van der Waals surface area (Å²) >= 11 is 0. The van der Waals surface area contributed by atoms with Gasteiger partial charge in [0.2, 0.25) is 5.91 Å². The molecule has 4 rings (SSSR count). The van der Waals surface area contributed by atoms with Crippen molar-refractivity contribution < 1.29 is 19.1 Å². The third-order valence-corrected chi connectivity index (χ3v) is 6.22. The molecule has 1 N–H and O–H groups in total. The van der Waals surface area contributed by atoms with E-state index in [-0.39, 0.29) is 17.6 Å². The predicted molar refractivity (Wildman–Crippen MR) is 133 cm³/mol. The summed E-state index contributed by atoms with van der Waals surface area (Å²) in [6.07, 6.45) is 9.57. The first kappa shape index (κ1) is 24.2. The fraction of sp³-hybridized carbons (Fsp3) is 0.333. The maximum Gasteiger partial charge on any atom is 0.279 e. The second kappa shape index (κ2) is 11.5. The number of nitrogens with one attached hydrogen (secondary N) is 1. The first-order valence-electron chi connectivity index (χ1n) is 11.8. The van der Waals surface area contributed by atoms with E-state index >= 15 is 0 Å². The quantitative estimate of drug-likeness (QED) is 0.522. The van der Waals surface area contributed by atoms with Crippen molar-refractivity contribution in [2.75, 3.05) is 19.1 Å². The van der Waals surface area contributed by atoms with Gasteiger partial charge in [-0.1, -0.05) is 49.6 Å². The maximum atomic E-state index is 13.9. The van der Waals surface area contributed by atoms with Crippen molar-refractivity contribution in [1.29, 1.82) is 0 Å². The molecule has 0 saturated heterocycles. The van der Waals surface area contributed by atoms with Crippen LogP contribution in [0.15, 0.2) is 67.1 Å². The van der Waals surface area contributed by atoms with Gasteiger partial charge in [0.05, 0.1) is 20.4 Å². The molecule has 8 heteroatoms. The zero-order chi connectivity index (χ0) is 24.6. The van der Waals surface area contributed by atoms with Crippen LogP contribution in [0.1, 0.15) is 54.2 Å². The van der Waals surface area contributed by atoms with Crippen LogP contribution in [-0.2, 0) is 4.79 Å². The predicted octanol–water partition coefficient (Wildman–Crippen LogP) is 4.33. The van der Waals surface area contributed by atoms with Gasteiger partial charge in [-0.3, -0.25) is 19.5 Å². The van der Waals surface area contributed by atoms with Crippen LogP contribution in [0.25, 0.3) is 0 Å². The summed E-state index contributed by atoms with van der Waals surface area (Å²) in [4.78, 5) is 37.5. The van der Waals surface area contributed by atoms with Crippen molar-refractivity contribution in [1.82, 2.24) is 15.3 Å². The second-order valence-corrected chi connectivity index (χ2v) is 8.46. The van der Waals surface area contributed by atoms with Crippen LogP contribution >= 0.6 is 0 Å². The standard InChI is InChI=1S/C27H30N4O4/c1-34-23-14-13-21(17-24(23)35-2)31(27(33)22-18-28-15-16-29-22)25(19-9-5-3-6-10-19)26(32)30-20-11-7-4-8-12-20/h3,5-6,9-10,13-18,20,25H,4,7-8,11-12H2,1-2H3,(H,30,32)/t25-/m0/s1. The van der Waals surface area contributed by atoms with E-state index in [2.05, 4.69) is 15.3 Å². The van der Waals surface area contributed by atoms with E-state index in [1.165, 1.54) is 37.0 Å². The second-order valence-electron chi connectivity index (χ2n) is 8.46. The van der Waals surface area contributed by atoms with Crippen molar-refractivity contribution in [2.45, 2.75) is 44.2 Å². The van der Waals surface area contributed by atoms with Gasteiger partial charge in [-0.2, -0.15) is 0 Å². The lowest BCUT2D eigenvalue weighted by atomic mass is 9.94. The zero-order valence-electron chi connectivity index (χ0n) is 20.0. The highest BCUT2D eigenvalue weighted by molar-refractivity contribution is 6.09. The maximum absolute atomic E-state index is 13.9. The Bertz CT molecular complexity index is 1130. The molecule has 35 heavy (non-hydrogen) atoms. The van der Waals surface area contributed by atoms with Crippen LogP contribution in [0.4, 0.5) is 5.69 Å². The molecule has 1 heterocycles. The van der Waals surface area contributed by atoms with E-state index in [4.69, 9.17) is 9.47 Å². The molecule has 1 aliphatic rings. The van der Waals surface area contributed by atoms with E-state index in [1.807, 2.05) is 30.3 Å². The number of benzene rings is 2. The van der Waals surface area contributed by atoms with Gasteiger partial charge in [0, 0.05) is 30.2 Å². The minimum Gasteiger partial charge on any atom is -0.493 e. The van der Waals surface area contributed by atoms with Gasteiger partial charge in [-0.05, 0) is 30.5 Å². The molecule has 0 aliphatic heterocycles. The SMILES string of the molecule is COc1ccc(N(C(=O)c2cnccn2)[C@H](C(=O)NC2CCCCC2)c2ccccc2)cc1OC. The van der Waals surface area contributed by atoms with Crippen LogP contribution in [0.5, 0.6) is 11.5 Å². The van der Waals surface area contributed by atoms with Crippen LogP contribution in [0.2, 0.25) is 0 Å². The van der Waals surface area contributed by atoms with E-state index in [1.54, 1.807) is 25.3 Å². The normalized spacial score (nSPS) is 14.6. The highest BCUT2D eigenvalue weighted by Crippen LogP contribution is 2.36. The summed E-state index contributed by atoms with van der Waals surface area (Å²) in [5.74, 6) is 0.278. The number of ether oxygens (including phenoxy) is 2. The summed E-state index contributed by atoms with van der Waals surface area (Å²) in [5, 5.41) is 3.20. The molecule has 182 valence electrons. The van der Waals surface area contributed by atoms with Crippen LogP contribution in [-0.4, -0.2) is 42.0 Å². The number of carbonyl (C=O) groups excluding carboxylic acids is 2. The van der Waals surface area contributed by atoms with E-state index in [9.17, 15) is 9.59 Å². The Kier molecular flexibility index (Phi) is 7.92. The number of nitrogens with zero attached hydrogens (tertiary/aromatic N) is 3. The van der Waals surface area contributed by atoms with Gasteiger partial charge in [-0.25, -0.2) is 4.98 Å². The summed E-state index contributed by atoms with van der Waals surface area (Å²) < 4.78 is 10.9. The molecular formula is C27H30N4O4. The Morgan fingerprint density at radius 2 is 1.71 bits per heavy atom. The van der Waals surface area contributed by atoms with E-state index < -0.39 is 11.9 Å². The molecule has 0 spiro atoms. The Hall–Kier alpha value is -3.94. The molecule has 1 aromatic heterocycles. The minimum atomic E-state index is -0.925. The molecule has 1 fully saturated rings. The fourth-order valence-corrected chi connectivity index (χ4v) is 4.47. The van der Waals surface area contributed by atoms with E-state index in [0.29, 0.717) is 22.7 Å². The monoisotopic (exact) mass is 474 g/mol. The minimum absolute atomic E-state index is 0.0846. The topological polar surface area (TPSA) is 93.7 Å². The molecule has 1 aliphatic carbocycles. The summed E-state index contributed by atoms with van der Waals surface area (Å²) in [7, 11) is 3.07. The molecule has 8 nitrogen and oxygen atoms in total. The largest absolute Gasteiger partial charge is 0.493 e. The fourth-order valence-electron chi connectivity index (χ4n) is 4.47. The molecule has 0 radical (unpaired) electrons. The average Bonchev–Trinajstić information content (AvgIpc) is 2.92. The molecule has 2 amide bonds. The van der Waals surface area contributed by atoms with Gasteiger partial charge >= 0.3 is 0 Å². The van der Waals surface area contributed by atoms with Gasteiger partial charge in [0.25, 0.3) is 5.91 Å². The number of hydrogen-bond acceptors (Lipinski definition) is 6. The number of amides is 2. The molecule has 2 aromatic carbocycles. The zero-order valence-corrected chi connectivity index (χ0v) is 20.0. The first-order chi connectivity index (χ1) is 17.1. The summed E-state index contributed by atoms with van der Waals surface area (Å²) in [5.41, 5.74) is 1.30. The Morgan fingerprint density at radius 3 is 2.37 bits per heavy atom. The Morgan fingerprint density at radius 1 is 0.971 bits per heavy atom. The lowest BCUT2D eigenvalue weighted by Gasteiger charge is -2.33. The smallest absolute Gasteiger partial charge is 0.279 e. The molecule has 1 atom stereocenters. The molecule has 0 unspecified atom stereocenters. The van der Waals surface area contributed by atoms with Crippen LogP contribution in [0, 0.1) is 0 Å². The molecular weight excluding hydrogens is 444 g/mol. The van der Waals surface area contributed by atoms with Gasteiger partial charge in [-0.15, -0.1) is 0 Å². The van der Waals surface area contributed by atoms with Crippen LogP contribution < -0.4 is 19.7 Å². The summed E-state index contributed by atoms with van der Waals surface area (Å²) in [6, 6.07) is 13.6. The number of aromatic nitrogens is 2. The van der Waals surface area contributed by atoms with Crippen LogP contribution in [0.3, 0.4) is 0 Å². The first-order valence-corrected chi connectivity index (χ1v) is 11.8. The Balaban J connectivity index is 1.82. The molecule has 0 bridgehead atoms. The number of rotatable bonds is 8. The third kappa shape index (κ3) is 5.59. The summed E-state index contributed by atoms with van der Waals surface area (Å²) in [6.45, 7) is 0. The highest BCUT2D eigenvalue weighted by atomic mass is 16.5. The molecule has 3 aromatic rings. The third-order valence-electron chi connectivity index (χ3n) is 6.22. The number of carbonyl (C=O) groups is 2. The number of hydrogen-bond donors (Lipinski definition) is 1. The lowest BCUT2D eigenvalue weighted by molar-refractivity contribution is -0.123. The average molecular weight is 475 g/mol. The van der Waals surface area contributed by atoms with Gasteiger partial charge in [0.1, 0.15) is 11.7 Å². The van der Waals surface area contributed by atoms with Gasteiger partial charge in [0.15, 0.2) is 11.5 Å².